The molecule has 0 atom stereocenters. The van der Waals surface area contributed by atoms with E-state index in [1.54, 1.807) is 18.2 Å². The van der Waals surface area contributed by atoms with E-state index >= 15 is 0 Å². The number of aromatic nitrogens is 1. The fourth-order valence-electron chi connectivity index (χ4n) is 2.30. The molecule has 0 spiro atoms. The van der Waals surface area contributed by atoms with E-state index in [4.69, 9.17) is 17.3 Å². The van der Waals surface area contributed by atoms with Gasteiger partial charge in [0.1, 0.15) is 11.9 Å². The molecule has 1 heterocycles. The number of benzene rings is 2. The van der Waals surface area contributed by atoms with E-state index in [0.29, 0.717) is 16.4 Å². The molecule has 1 aromatic heterocycles. The molecular weight excluding hydrogens is 282 g/mol. The van der Waals surface area contributed by atoms with Crippen molar-refractivity contribution in [2.24, 2.45) is 0 Å². The summed E-state index contributed by atoms with van der Waals surface area (Å²) in [6, 6.07) is 21.1. The van der Waals surface area contributed by atoms with E-state index in [0.717, 1.165) is 16.9 Å². The Labute approximate surface area is 127 Å². The Hall–Kier alpha value is -2.70. The topological polar surface area (TPSA) is 54.7 Å². The molecule has 3 rings (SSSR count). The van der Waals surface area contributed by atoms with Crippen LogP contribution < -0.4 is 5.73 Å². The minimum absolute atomic E-state index is 0.429. The lowest BCUT2D eigenvalue weighted by Gasteiger charge is -2.11. The number of rotatable bonds is 2. The molecule has 2 N–H and O–H groups in total. The molecule has 2 aromatic carbocycles. The highest BCUT2D eigenvalue weighted by molar-refractivity contribution is 6.30. The van der Waals surface area contributed by atoms with E-state index in [9.17, 15) is 5.26 Å². The molecule has 102 valence electrons. The Kier molecular flexibility index (Phi) is 3.39. The Balaban J connectivity index is 2.26. The van der Waals surface area contributed by atoms with E-state index in [1.807, 2.05) is 47.0 Å². The Morgan fingerprint density at radius 1 is 1.00 bits per heavy atom. The molecule has 0 aliphatic heterocycles. The van der Waals surface area contributed by atoms with Crippen LogP contribution in [0.25, 0.3) is 16.9 Å². The number of hydrogen-bond acceptors (Lipinski definition) is 2. The second-order valence-corrected chi connectivity index (χ2v) is 5.05. The van der Waals surface area contributed by atoms with Gasteiger partial charge in [-0.2, -0.15) is 5.26 Å². The monoisotopic (exact) mass is 293 g/mol. The molecule has 0 aliphatic carbocycles. The molecule has 0 amide bonds. The van der Waals surface area contributed by atoms with E-state index < -0.39 is 0 Å². The summed E-state index contributed by atoms with van der Waals surface area (Å²) in [4.78, 5) is 0. The summed E-state index contributed by atoms with van der Waals surface area (Å²) in [7, 11) is 0. The highest BCUT2D eigenvalue weighted by atomic mass is 35.5. The second kappa shape index (κ2) is 5.35. The van der Waals surface area contributed by atoms with Crippen LogP contribution in [-0.2, 0) is 0 Å². The molecular formula is C17H12ClN3. The van der Waals surface area contributed by atoms with Crippen LogP contribution in [0.3, 0.4) is 0 Å². The number of hydrogen-bond donors (Lipinski definition) is 1. The third-order valence-electron chi connectivity index (χ3n) is 3.31. The number of anilines is 1. The third kappa shape index (κ3) is 2.37. The van der Waals surface area contributed by atoms with Gasteiger partial charge in [0.15, 0.2) is 0 Å². The van der Waals surface area contributed by atoms with E-state index in [1.165, 1.54) is 0 Å². The fourth-order valence-corrected chi connectivity index (χ4v) is 2.43. The van der Waals surface area contributed by atoms with Gasteiger partial charge in [-0.05, 0) is 35.9 Å². The molecule has 0 fully saturated rings. The van der Waals surface area contributed by atoms with Crippen molar-refractivity contribution in [2.45, 2.75) is 0 Å². The van der Waals surface area contributed by atoms with Gasteiger partial charge in [-0.3, -0.25) is 4.57 Å². The number of halogens is 1. The van der Waals surface area contributed by atoms with Crippen LogP contribution in [0.2, 0.25) is 5.02 Å². The summed E-state index contributed by atoms with van der Waals surface area (Å²) in [5.74, 6) is 0.429. The predicted molar refractivity (Wildman–Crippen MR) is 85.3 cm³/mol. The SMILES string of the molecule is N#Cc1cc(-c2ccccc2)n(-c2ccc(Cl)cc2)c1N. The van der Waals surface area contributed by atoms with Crippen LogP contribution in [-0.4, -0.2) is 4.57 Å². The Bertz CT molecular complexity index is 812. The minimum atomic E-state index is 0.429. The highest BCUT2D eigenvalue weighted by Crippen LogP contribution is 2.31. The zero-order valence-electron chi connectivity index (χ0n) is 11.1. The third-order valence-corrected chi connectivity index (χ3v) is 3.57. The maximum atomic E-state index is 9.23. The van der Waals surface area contributed by atoms with Crippen molar-refractivity contribution in [1.82, 2.24) is 4.57 Å². The average molecular weight is 294 g/mol. The summed E-state index contributed by atoms with van der Waals surface area (Å²) in [5.41, 5.74) is 9.35. The molecule has 0 bridgehead atoms. The lowest BCUT2D eigenvalue weighted by Crippen LogP contribution is -2.02. The van der Waals surface area contributed by atoms with Gasteiger partial charge < -0.3 is 5.73 Å². The fraction of sp³-hybridized carbons (Fsp3) is 0. The summed E-state index contributed by atoms with van der Waals surface area (Å²) in [6.07, 6.45) is 0. The molecule has 0 radical (unpaired) electrons. The quantitative estimate of drug-likeness (QED) is 0.768. The molecule has 21 heavy (non-hydrogen) atoms. The van der Waals surface area contributed by atoms with Crippen molar-refractivity contribution in [3.63, 3.8) is 0 Å². The summed E-state index contributed by atoms with van der Waals surface area (Å²) >= 11 is 5.94. The first kappa shape index (κ1) is 13.3. The number of nitrogens with zero attached hydrogens (tertiary/aromatic N) is 2. The molecule has 3 aromatic rings. The number of nitriles is 1. The van der Waals surface area contributed by atoms with Crippen molar-refractivity contribution >= 4 is 17.4 Å². The van der Waals surface area contributed by atoms with E-state index in [-0.39, 0.29) is 0 Å². The van der Waals surface area contributed by atoms with Crippen LogP contribution in [0.1, 0.15) is 5.56 Å². The number of nitrogens with two attached hydrogens (primary N) is 1. The van der Waals surface area contributed by atoms with Crippen molar-refractivity contribution < 1.29 is 0 Å². The molecule has 0 aliphatic rings. The minimum Gasteiger partial charge on any atom is -0.384 e. The van der Waals surface area contributed by atoms with E-state index in [2.05, 4.69) is 6.07 Å². The molecule has 0 saturated carbocycles. The van der Waals surface area contributed by atoms with Crippen LogP contribution in [0.4, 0.5) is 5.82 Å². The average Bonchev–Trinajstić information content (AvgIpc) is 2.86. The van der Waals surface area contributed by atoms with Gasteiger partial charge in [-0.25, -0.2) is 0 Å². The summed E-state index contributed by atoms with van der Waals surface area (Å²) in [5, 5.41) is 9.89. The molecule has 0 saturated heterocycles. The first-order valence-corrected chi connectivity index (χ1v) is 6.81. The second-order valence-electron chi connectivity index (χ2n) is 4.62. The van der Waals surface area contributed by atoms with Gasteiger partial charge in [0.25, 0.3) is 0 Å². The number of nitrogen functional groups attached to an aromatic ring is 1. The first-order chi connectivity index (χ1) is 10.2. The Morgan fingerprint density at radius 2 is 1.67 bits per heavy atom. The molecule has 0 unspecified atom stereocenters. The normalized spacial score (nSPS) is 10.3. The van der Waals surface area contributed by atoms with Crippen molar-refractivity contribution in [3.05, 3.63) is 71.2 Å². The van der Waals surface area contributed by atoms with Crippen LogP contribution >= 0.6 is 11.6 Å². The predicted octanol–water partition coefficient (Wildman–Crippen LogP) is 4.25. The van der Waals surface area contributed by atoms with Crippen LogP contribution in [0, 0.1) is 11.3 Å². The van der Waals surface area contributed by atoms with Gasteiger partial charge in [0.05, 0.1) is 11.3 Å². The highest BCUT2D eigenvalue weighted by Gasteiger charge is 2.15. The standard InChI is InChI=1S/C17H12ClN3/c18-14-6-8-15(9-7-14)21-16(10-13(11-19)17(21)20)12-4-2-1-3-5-12/h1-10H,20H2. The largest absolute Gasteiger partial charge is 0.384 e. The summed E-state index contributed by atoms with van der Waals surface area (Å²) in [6.45, 7) is 0. The molecule has 3 nitrogen and oxygen atoms in total. The van der Waals surface area contributed by atoms with Gasteiger partial charge in [0.2, 0.25) is 0 Å². The lowest BCUT2D eigenvalue weighted by atomic mass is 10.1. The smallest absolute Gasteiger partial charge is 0.126 e. The zero-order valence-corrected chi connectivity index (χ0v) is 11.9. The van der Waals surface area contributed by atoms with Gasteiger partial charge >= 0.3 is 0 Å². The Morgan fingerprint density at radius 3 is 2.29 bits per heavy atom. The van der Waals surface area contributed by atoms with Gasteiger partial charge in [-0.15, -0.1) is 0 Å². The molecule has 4 heteroatoms. The first-order valence-electron chi connectivity index (χ1n) is 6.43. The van der Waals surface area contributed by atoms with Gasteiger partial charge in [-0.1, -0.05) is 41.9 Å². The summed E-state index contributed by atoms with van der Waals surface area (Å²) < 4.78 is 1.87. The van der Waals surface area contributed by atoms with Crippen LogP contribution in [0.15, 0.2) is 60.7 Å². The van der Waals surface area contributed by atoms with Crippen molar-refractivity contribution in [2.75, 3.05) is 5.73 Å². The zero-order chi connectivity index (χ0) is 14.8. The van der Waals surface area contributed by atoms with Crippen molar-refractivity contribution in [3.8, 4) is 23.0 Å². The maximum absolute atomic E-state index is 9.23. The maximum Gasteiger partial charge on any atom is 0.126 e. The lowest BCUT2D eigenvalue weighted by molar-refractivity contribution is 1.10. The van der Waals surface area contributed by atoms with Gasteiger partial charge in [0, 0.05) is 10.7 Å². The van der Waals surface area contributed by atoms with Crippen molar-refractivity contribution in [1.29, 1.82) is 5.26 Å². The van der Waals surface area contributed by atoms with Crippen LogP contribution in [0.5, 0.6) is 0 Å².